The lowest BCUT2D eigenvalue weighted by atomic mass is 9.77. The summed E-state index contributed by atoms with van der Waals surface area (Å²) in [7, 11) is -3.48. The number of β-amino-alcohol motifs (C(OH)–C–C–N with tert-alkyl or cyclic N) is 1. The first-order valence-corrected chi connectivity index (χ1v) is 27.9. The topological polar surface area (TPSA) is 244 Å². The monoisotopic (exact) mass is 1090 g/mol. The van der Waals surface area contributed by atoms with Crippen LogP contribution in [-0.2, 0) is 52.4 Å². The van der Waals surface area contributed by atoms with Crippen LogP contribution < -0.4 is 24.8 Å². The van der Waals surface area contributed by atoms with Crippen LogP contribution in [0.25, 0.3) is 10.4 Å². The fourth-order valence-corrected chi connectivity index (χ4v) is 9.83. The van der Waals surface area contributed by atoms with E-state index in [0.29, 0.717) is 53.9 Å². The normalized spacial score (nSPS) is 15.2. The Balaban J connectivity index is 0.851. The van der Waals surface area contributed by atoms with Gasteiger partial charge in [-0.3, -0.25) is 19.1 Å². The number of aliphatic hydroxyl groups excluding tert-OH is 1. The molecule has 3 amide bonds. The average molecular weight is 1090 g/mol. The van der Waals surface area contributed by atoms with Gasteiger partial charge in [0.15, 0.2) is 5.75 Å². The molecule has 1 fully saturated rings. The maximum absolute atomic E-state index is 14.0. The van der Waals surface area contributed by atoms with E-state index in [0.717, 1.165) is 58.3 Å². The highest BCUT2D eigenvalue weighted by Gasteiger charge is 2.44. The molecule has 1 aliphatic rings. The Bertz CT molecular complexity index is 2870. The maximum atomic E-state index is 14.0. The van der Waals surface area contributed by atoms with Crippen LogP contribution in [0, 0.1) is 23.7 Å². The number of rotatable bonds is 26. The molecule has 3 atom stereocenters. The van der Waals surface area contributed by atoms with Gasteiger partial charge >= 0.3 is 0 Å². The molecule has 5 aromatic rings. The minimum atomic E-state index is -3.48. The molecule has 0 radical (unpaired) electrons. The summed E-state index contributed by atoms with van der Waals surface area (Å²) in [5.41, 5.74) is 6.28. The highest BCUT2D eigenvalue weighted by atomic mass is 35.5. The number of aryl methyl sites for hydroxylation is 1. The van der Waals surface area contributed by atoms with Gasteiger partial charge in [0, 0.05) is 62.7 Å². The van der Waals surface area contributed by atoms with Crippen LogP contribution >= 0.6 is 22.9 Å². The van der Waals surface area contributed by atoms with E-state index in [-0.39, 0.29) is 51.2 Å². The molecule has 3 aromatic carbocycles. The quantitative estimate of drug-likeness (QED) is 0.0392. The lowest BCUT2D eigenvalue weighted by Gasteiger charge is -2.35. The summed E-state index contributed by atoms with van der Waals surface area (Å²) >= 11 is 8.30. The fourth-order valence-electron chi connectivity index (χ4n) is 8.30. The summed E-state index contributed by atoms with van der Waals surface area (Å²) in [5, 5.41) is 26.7. The van der Waals surface area contributed by atoms with Gasteiger partial charge in [0.1, 0.15) is 37.1 Å². The van der Waals surface area contributed by atoms with Gasteiger partial charge in [0.25, 0.3) is 0 Å². The Hall–Kier alpha value is -6.21. The molecule has 2 aromatic heterocycles. The van der Waals surface area contributed by atoms with Crippen LogP contribution in [0.3, 0.4) is 0 Å². The zero-order valence-corrected chi connectivity index (χ0v) is 45.9. The van der Waals surface area contributed by atoms with Crippen LogP contribution in [0.1, 0.15) is 100 Å². The third-order valence-electron chi connectivity index (χ3n) is 12.6. The number of aliphatic hydroxyl groups is 1. The number of aromatic nitrogens is 3. The predicted molar refractivity (Wildman–Crippen MR) is 287 cm³/mol. The molecule has 4 N–H and O–H groups in total. The second kappa shape index (κ2) is 26.5. The van der Waals surface area contributed by atoms with Crippen LogP contribution in [0.15, 0.2) is 78.6 Å². The SMILES string of the molecule is Cc1ncsc1-c1ccc(CNC(=O)[C@@H]2C[C@H](O)CN2C(=O)[C@@H](NC(=O)COCCCOCCCCCOc2c(Cl)cc(C(C)(C)c3ccc(OCc4cnc(NS(C)(=O)=O)nc4)cc3)cc2C#N)C(C)(C)C)cc1. The van der Waals surface area contributed by atoms with Gasteiger partial charge in [0.2, 0.25) is 33.7 Å². The number of nitrogens with zero attached hydrogens (tertiary/aromatic N) is 5. The van der Waals surface area contributed by atoms with Crippen molar-refractivity contribution in [3.05, 3.63) is 117 Å². The molecule has 3 heterocycles. The molecule has 0 unspecified atom stereocenters. The van der Waals surface area contributed by atoms with E-state index in [9.17, 15) is 33.2 Å². The van der Waals surface area contributed by atoms with Gasteiger partial charge in [-0.25, -0.2) is 23.4 Å². The zero-order chi connectivity index (χ0) is 54.3. The number of likely N-dealkylation sites (tertiary alicyclic amines) is 1. The summed E-state index contributed by atoms with van der Waals surface area (Å²) in [6.07, 6.45) is 6.10. The minimum absolute atomic E-state index is 0.0190. The first-order chi connectivity index (χ1) is 35.6. The Morgan fingerprint density at radius 1 is 0.893 bits per heavy atom. The van der Waals surface area contributed by atoms with Crippen molar-refractivity contribution in [2.24, 2.45) is 5.41 Å². The molecule has 402 valence electrons. The van der Waals surface area contributed by atoms with Gasteiger partial charge in [-0.15, -0.1) is 11.3 Å². The van der Waals surface area contributed by atoms with E-state index in [4.69, 9.17) is 30.5 Å². The number of thiazole rings is 1. The van der Waals surface area contributed by atoms with Crippen LogP contribution in [0.4, 0.5) is 5.95 Å². The number of nitrogens with one attached hydrogen (secondary N) is 3. The number of anilines is 1. The molecule has 0 aliphatic carbocycles. The molecule has 0 spiro atoms. The lowest BCUT2D eigenvalue weighted by molar-refractivity contribution is -0.144. The lowest BCUT2D eigenvalue weighted by Crippen LogP contribution is -2.58. The van der Waals surface area contributed by atoms with E-state index in [1.165, 1.54) is 17.3 Å². The standard InChI is InChI=1S/C54H67ClN8O10S2/c1-35-48(74-34-60-35)38-14-12-36(13-15-38)28-57-50(66)45-26-42(64)31-63(45)51(67)49(53(2,3)4)61-46(65)33-71-22-11-21-70-20-9-8-10-23-72-47-39(27-56)24-41(25-44(47)55)54(5,6)40-16-18-43(19-17-40)73-32-37-29-58-52(59-30-37)62-75(7,68)69/h12-19,24-25,29-30,34,42,45,49,64H,8-11,20-23,26,28,31-33H2,1-7H3,(H,57,66)(H,61,65)(H,58,59,62)/t42-,45-,49+/m0/s1. The zero-order valence-electron chi connectivity index (χ0n) is 43.5. The first-order valence-electron chi connectivity index (χ1n) is 24.7. The number of unbranched alkanes of at least 4 members (excludes halogenated alkanes) is 2. The molecule has 0 saturated carbocycles. The van der Waals surface area contributed by atoms with Crippen molar-refractivity contribution in [2.45, 2.75) is 110 Å². The average Bonchev–Trinajstić information content (AvgIpc) is 3.99. The van der Waals surface area contributed by atoms with Gasteiger partial charge in [-0.1, -0.05) is 82.6 Å². The number of carbonyl (C=O) groups is 3. The van der Waals surface area contributed by atoms with Crippen molar-refractivity contribution >= 4 is 56.6 Å². The van der Waals surface area contributed by atoms with Gasteiger partial charge in [0.05, 0.1) is 45.6 Å². The molecule has 1 saturated heterocycles. The number of ether oxygens (including phenoxy) is 4. The number of sulfonamides is 1. The fraction of sp³-hybridized carbons (Fsp3) is 0.463. The molecular formula is C54H67ClN8O10S2. The first kappa shape index (κ1) is 58.1. The van der Waals surface area contributed by atoms with Crippen LogP contribution in [0.5, 0.6) is 11.5 Å². The Morgan fingerprint density at radius 2 is 1.57 bits per heavy atom. The molecule has 6 rings (SSSR count). The Morgan fingerprint density at radius 3 is 2.23 bits per heavy atom. The van der Waals surface area contributed by atoms with Crippen LogP contribution in [0.2, 0.25) is 5.02 Å². The number of amides is 3. The Kier molecular flexibility index (Phi) is 20.5. The summed E-state index contributed by atoms with van der Waals surface area (Å²) in [6.45, 7) is 13.3. The number of halogens is 1. The molecule has 75 heavy (non-hydrogen) atoms. The summed E-state index contributed by atoms with van der Waals surface area (Å²) in [5.74, 6) is -0.353. The highest BCUT2D eigenvalue weighted by molar-refractivity contribution is 7.92. The molecule has 0 bridgehead atoms. The van der Waals surface area contributed by atoms with Crippen molar-refractivity contribution in [3.8, 4) is 28.0 Å². The van der Waals surface area contributed by atoms with Crippen molar-refractivity contribution in [3.63, 3.8) is 0 Å². The smallest absolute Gasteiger partial charge is 0.246 e. The van der Waals surface area contributed by atoms with Crippen molar-refractivity contribution in [2.75, 3.05) is 50.6 Å². The molecule has 21 heteroatoms. The summed E-state index contributed by atoms with van der Waals surface area (Å²) < 4.78 is 48.3. The number of benzene rings is 3. The molecule has 1 aliphatic heterocycles. The number of hydrogen-bond acceptors (Lipinski definition) is 15. The van der Waals surface area contributed by atoms with Gasteiger partial charge in [-0.05, 0) is 84.5 Å². The largest absolute Gasteiger partial charge is 0.491 e. The van der Waals surface area contributed by atoms with Crippen molar-refractivity contribution < 1.29 is 46.9 Å². The van der Waals surface area contributed by atoms with E-state index in [1.807, 2.05) is 102 Å². The predicted octanol–water partition coefficient (Wildman–Crippen LogP) is 7.49. The minimum Gasteiger partial charge on any atom is -0.491 e. The molecule has 18 nitrogen and oxygen atoms in total. The van der Waals surface area contributed by atoms with Crippen molar-refractivity contribution in [1.29, 1.82) is 5.26 Å². The summed E-state index contributed by atoms with van der Waals surface area (Å²) in [4.78, 5) is 55.3. The van der Waals surface area contributed by atoms with E-state index in [1.54, 1.807) is 17.4 Å². The van der Waals surface area contributed by atoms with E-state index >= 15 is 0 Å². The second-order valence-electron chi connectivity index (χ2n) is 20.0. The van der Waals surface area contributed by atoms with Crippen molar-refractivity contribution in [1.82, 2.24) is 30.5 Å². The van der Waals surface area contributed by atoms with Crippen LogP contribution in [-0.4, -0.2) is 115 Å². The maximum Gasteiger partial charge on any atom is 0.246 e. The Labute approximate surface area is 448 Å². The second-order valence-corrected chi connectivity index (χ2v) is 23.1. The number of nitriles is 1. The highest BCUT2D eigenvalue weighted by Crippen LogP contribution is 2.39. The van der Waals surface area contributed by atoms with E-state index < -0.39 is 50.9 Å². The number of carbonyl (C=O) groups excluding carboxylic acids is 3. The van der Waals surface area contributed by atoms with Gasteiger partial charge in [-0.2, -0.15) is 5.26 Å². The third-order valence-corrected chi connectivity index (χ3v) is 14.4. The third kappa shape index (κ3) is 16.9. The molecular weight excluding hydrogens is 1020 g/mol. The number of hydrogen-bond donors (Lipinski definition) is 4. The summed E-state index contributed by atoms with van der Waals surface area (Å²) in [6, 6.07) is 19.4. The van der Waals surface area contributed by atoms with Gasteiger partial charge < -0.3 is 39.6 Å². The van der Waals surface area contributed by atoms with E-state index in [2.05, 4.69) is 36.4 Å².